The van der Waals surface area contributed by atoms with Gasteiger partial charge in [-0.2, -0.15) is 0 Å². The predicted molar refractivity (Wildman–Crippen MR) is 56.6 cm³/mol. The Labute approximate surface area is 94.6 Å². The topological polar surface area (TPSA) is 57.6 Å². The Morgan fingerprint density at radius 3 is 2.69 bits per heavy atom. The lowest BCUT2D eigenvalue weighted by molar-refractivity contribution is -0.165. The molecule has 5 unspecified atom stereocenters. The SMILES string of the molecule is CN1CC2CC3CC(C1=O)C2CC3C(=O)O. The van der Waals surface area contributed by atoms with E-state index in [9.17, 15) is 9.59 Å². The summed E-state index contributed by atoms with van der Waals surface area (Å²) in [6, 6.07) is 0. The van der Waals surface area contributed by atoms with Crippen molar-refractivity contribution in [2.45, 2.75) is 19.3 Å². The van der Waals surface area contributed by atoms with Crippen LogP contribution in [0.1, 0.15) is 19.3 Å². The van der Waals surface area contributed by atoms with Gasteiger partial charge in [-0.25, -0.2) is 0 Å². The summed E-state index contributed by atoms with van der Waals surface area (Å²) in [4.78, 5) is 24.9. The first kappa shape index (κ1) is 10.1. The van der Waals surface area contributed by atoms with Gasteiger partial charge in [0, 0.05) is 19.5 Å². The first-order valence-corrected chi connectivity index (χ1v) is 6.05. The van der Waals surface area contributed by atoms with Gasteiger partial charge in [0.2, 0.25) is 5.91 Å². The highest BCUT2D eigenvalue weighted by Crippen LogP contribution is 2.53. The summed E-state index contributed by atoms with van der Waals surface area (Å²) in [5.41, 5.74) is 0. The summed E-state index contributed by atoms with van der Waals surface area (Å²) >= 11 is 0. The molecule has 16 heavy (non-hydrogen) atoms. The van der Waals surface area contributed by atoms with Crippen molar-refractivity contribution < 1.29 is 14.7 Å². The van der Waals surface area contributed by atoms with Gasteiger partial charge < -0.3 is 10.0 Å². The Hall–Kier alpha value is -1.06. The first-order valence-electron chi connectivity index (χ1n) is 6.05. The average Bonchev–Trinajstić information content (AvgIpc) is 2.26. The Bertz CT molecular complexity index is 354. The molecule has 0 aromatic carbocycles. The lowest BCUT2D eigenvalue weighted by Gasteiger charge is -2.54. The molecule has 1 heterocycles. The van der Waals surface area contributed by atoms with Crippen molar-refractivity contribution in [3.63, 3.8) is 0 Å². The van der Waals surface area contributed by atoms with E-state index in [0.717, 1.165) is 25.8 Å². The highest BCUT2D eigenvalue weighted by atomic mass is 16.4. The molecule has 0 radical (unpaired) electrons. The second-order valence-electron chi connectivity index (χ2n) is 5.66. The fourth-order valence-electron chi connectivity index (χ4n) is 4.18. The summed E-state index contributed by atoms with van der Waals surface area (Å²) in [6.07, 6.45) is 2.55. The molecule has 1 aliphatic heterocycles. The number of carbonyl (C=O) groups excluding carboxylic acids is 1. The number of likely N-dealkylation sites (tertiary alicyclic amines) is 1. The maximum atomic E-state index is 12.0. The minimum absolute atomic E-state index is 0.123. The molecule has 1 saturated heterocycles. The number of carbonyl (C=O) groups is 2. The second kappa shape index (κ2) is 3.22. The van der Waals surface area contributed by atoms with Crippen molar-refractivity contribution in [3.8, 4) is 0 Å². The third-order valence-corrected chi connectivity index (χ3v) is 4.90. The molecule has 3 aliphatic carbocycles. The van der Waals surface area contributed by atoms with E-state index in [1.807, 2.05) is 11.9 Å². The monoisotopic (exact) mass is 223 g/mol. The summed E-state index contributed by atoms with van der Waals surface area (Å²) in [7, 11) is 1.87. The minimum atomic E-state index is -0.659. The van der Waals surface area contributed by atoms with E-state index >= 15 is 0 Å². The lowest BCUT2D eigenvalue weighted by Crippen LogP contribution is -2.57. The molecule has 4 aliphatic rings. The highest BCUT2D eigenvalue weighted by molar-refractivity contribution is 5.81. The summed E-state index contributed by atoms with van der Waals surface area (Å²) < 4.78 is 0. The number of hydrogen-bond donors (Lipinski definition) is 1. The van der Waals surface area contributed by atoms with Gasteiger partial charge in [0.1, 0.15) is 0 Å². The number of hydrogen-bond acceptors (Lipinski definition) is 2. The smallest absolute Gasteiger partial charge is 0.306 e. The lowest BCUT2D eigenvalue weighted by atomic mass is 9.54. The number of aliphatic carboxylic acids is 1. The van der Waals surface area contributed by atoms with Crippen LogP contribution in [0.2, 0.25) is 0 Å². The van der Waals surface area contributed by atoms with E-state index in [1.165, 1.54) is 0 Å². The van der Waals surface area contributed by atoms with Crippen molar-refractivity contribution in [1.29, 1.82) is 0 Å². The molecule has 5 atom stereocenters. The minimum Gasteiger partial charge on any atom is -0.481 e. The Morgan fingerprint density at radius 2 is 2.06 bits per heavy atom. The van der Waals surface area contributed by atoms with Crippen molar-refractivity contribution in [2.24, 2.45) is 29.6 Å². The molecule has 1 amide bonds. The van der Waals surface area contributed by atoms with Crippen molar-refractivity contribution in [2.75, 3.05) is 13.6 Å². The first-order chi connectivity index (χ1) is 7.58. The Balaban J connectivity index is 1.87. The standard InChI is InChI=1S/C12H17NO3/c1-13-5-7-2-6-3-10(11(13)14)8(7)4-9(6)12(15)16/h6-10H,2-5H2,1H3,(H,15,16). The number of rotatable bonds is 1. The highest BCUT2D eigenvalue weighted by Gasteiger charge is 2.54. The van der Waals surface area contributed by atoms with E-state index in [4.69, 9.17) is 5.11 Å². The van der Waals surface area contributed by atoms with E-state index in [1.54, 1.807) is 0 Å². The molecule has 4 fully saturated rings. The quantitative estimate of drug-likeness (QED) is 0.716. The van der Waals surface area contributed by atoms with Crippen molar-refractivity contribution in [1.82, 2.24) is 4.90 Å². The molecule has 0 aromatic rings. The van der Waals surface area contributed by atoms with Crippen LogP contribution in [-0.4, -0.2) is 35.5 Å². The molecule has 4 bridgehead atoms. The predicted octanol–water partition coefficient (Wildman–Crippen LogP) is 0.821. The second-order valence-corrected chi connectivity index (χ2v) is 5.66. The van der Waals surface area contributed by atoms with Crippen LogP contribution in [0.25, 0.3) is 0 Å². The molecule has 88 valence electrons. The van der Waals surface area contributed by atoms with Gasteiger partial charge in [-0.3, -0.25) is 9.59 Å². The number of carboxylic acid groups (broad SMARTS) is 1. The van der Waals surface area contributed by atoms with E-state index in [-0.39, 0.29) is 23.7 Å². The van der Waals surface area contributed by atoms with Gasteiger partial charge in [-0.1, -0.05) is 0 Å². The number of carboxylic acids is 1. The van der Waals surface area contributed by atoms with Gasteiger partial charge in [0.05, 0.1) is 5.92 Å². The number of amides is 1. The van der Waals surface area contributed by atoms with Crippen LogP contribution in [0.5, 0.6) is 0 Å². The summed E-state index contributed by atoms with van der Waals surface area (Å²) in [5, 5.41) is 9.15. The fourth-order valence-corrected chi connectivity index (χ4v) is 4.18. The Morgan fingerprint density at radius 1 is 1.31 bits per heavy atom. The van der Waals surface area contributed by atoms with Gasteiger partial charge in [0.15, 0.2) is 0 Å². The van der Waals surface area contributed by atoms with Crippen LogP contribution in [-0.2, 0) is 9.59 Å². The number of nitrogens with zero attached hydrogens (tertiary/aromatic N) is 1. The summed E-state index contributed by atoms with van der Waals surface area (Å²) in [5.74, 6) is 0.668. The molecule has 3 saturated carbocycles. The van der Waals surface area contributed by atoms with Crippen LogP contribution in [0.3, 0.4) is 0 Å². The van der Waals surface area contributed by atoms with Crippen LogP contribution in [0.15, 0.2) is 0 Å². The molecular weight excluding hydrogens is 206 g/mol. The normalized spacial score (nSPS) is 45.9. The van der Waals surface area contributed by atoms with Gasteiger partial charge in [0.25, 0.3) is 0 Å². The van der Waals surface area contributed by atoms with E-state index in [0.29, 0.717) is 11.8 Å². The number of fused-ring (bicyclic) bond motifs is 1. The third-order valence-electron chi connectivity index (χ3n) is 4.90. The molecule has 4 rings (SSSR count). The summed E-state index contributed by atoms with van der Waals surface area (Å²) in [6.45, 7) is 0.836. The zero-order chi connectivity index (χ0) is 11.4. The van der Waals surface area contributed by atoms with Crippen LogP contribution in [0.4, 0.5) is 0 Å². The molecular formula is C12H17NO3. The zero-order valence-electron chi connectivity index (χ0n) is 9.43. The zero-order valence-corrected chi connectivity index (χ0v) is 9.43. The molecule has 1 N–H and O–H groups in total. The van der Waals surface area contributed by atoms with Gasteiger partial charge in [-0.15, -0.1) is 0 Å². The maximum Gasteiger partial charge on any atom is 0.306 e. The van der Waals surface area contributed by atoms with E-state index in [2.05, 4.69) is 0 Å². The number of piperidine rings is 1. The van der Waals surface area contributed by atoms with Crippen molar-refractivity contribution in [3.05, 3.63) is 0 Å². The molecule has 0 aromatic heterocycles. The van der Waals surface area contributed by atoms with Crippen LogP contribution < -0.4 is 0 Å². The average molecular weight is 223 g/mol. The van der Waals surface area contributed by atoms with Gasteiger partial charge in [-0.05, 0) is 37.0 Å². The molecule has 4 nitrogen and oxygen atoms in total. The largest absolute Gasteiger partial charge is 0.481 e. The van der Waals surface area contributed by atoms with Crippen LogP contribution in [0, 0.1) is 29.6 Å². The maximum absolute atomic E-state index is 12.0. The Kier molecular flexibility index (Phi) is 2.03. The molecule has 4 heteroatoms. The fraction of sp³-hybridized carbons (Fsp3) is 0.833. The van der Waals surface area contributed by atoms with Crippen molar-refractivity contribution >= 4 is 11.9 Å². The third kappa shape index (κ3) is 1.22. The molecule has 0 spiro atoms. The van der Waals surface area contributed by atoms with Gasteiger partial charge >= 0.3 is 5.97 Å². The van der Waals surface area contributed by atoms with E-state index < -0.39 is 5.97 Å². The van der Waals surface area contributed by atoms with Crippen LogP contribution >= 0.6 is 0 Å².